The number of carboxylic acid groups (broad SMARTS) is 1. The number of carbonyl (C=O) groups excluding carboxylic acids is 1. The van der Waals surface area contributed by atoms with Gasteiger partial charge in [0.1, 0.15) is 11.6 Å². The highest BCUT2D eigenvalue weighted by atomic mass is 32.2. The molecule has 2 heterocycles. The van der Waals surface area contributed by atoms with Crippen LogP contribution in [0, 0.1) is 5.92 Å². The molecule has 39 heavy (non-hydrogen) atoms. The molecule has 1 spiro atoms. The first-order valence-corrected chi connectivity index (χ1v) is 14.2. The summed E-state index contributed by atoms with van der Waals surface area (Å²) < 4.78 is 28.7. The number of fused-ring (bicyclic) bond motifs is 1. The number of H-pyrrole nitrogens is 1. The zero-order valence-electron chi connectivity index (χ0n) is 21.0. The fraction of sp³-hybridized carbons (Fsp3) is 0.385. The van der Waals surface area contributed by atoms with E-state index >= 15 is 0 Å². The second-order valence-electron chi connectivity index (χ2n) is 10.0. The lowest BCUT2D eigenvalue weighted by molar-refractivity contribution is -0.139. The van der Waals surface area contributed by atoms with Gasteiger partial charge in [-0.25, -0.2) is 13.4 Å². The third kappa shape index (κ3) is 5.88. The topological polar surface area (TPSA) is 175 Å². The van der Waals surface area contributed by atoms with Gasteiger partial charge in [0, 0.05) is 25.4 Å². The Morgan fingerprint density at radius 3 is 2.67 bits per heavy atom. The monoisotopic (exact) mass is 554 g/mol. The molecule has 0 radical (unpaired) electrons. The second kappa shape index (κ2) is 11.0. The van der Waals surface area contributed by atoms with Gasteiger partial charge in [-0.1, -0.05) is 35.5 Å². The van der Waals surface area contributed by atoms with E-state index in [1.54, 1.807) is 30.6 Å². The smallest absolute Gasteiger partial charge is 0.324 e. The quantitative estimate of drug-likeness (QED) is 0.224. The third-order valence-corrected chi connectivity index (χ3v) is 8.89. The van der Waals surface area contributed by atoms with Gasteiger partial charge in [-0.2, -0.15) is 4.72 Å². The Kier molecular flexibility index (Phi) is 7.53. The van der Waals surface area contributed by atoms with E-state index in [1.807, 2.05) is 12.1 Å². The van der Waals surface area contributed by atoms with Crippen molar-refractivity contribution in [3.05, 3.63) is 54.9 Å². The van der Waals surface area contributed by atoms with Gasteiger partial charge >= 0.3 is 5.97 Å². The highest BCUT2D eigenvalue weighted by Gasteiger charge is 2.47. The number of benzene rings is 2. The van der Waals surface area contributed by atoms with Gasteiger partial charge in [-0.3, -0.25) is 9.59 Å². The SMILES string of the molecule is O=CNC(C1=NOC2(CCC(CNc3ncc[nH]3)CC2)C1)[C@H](NS(=O)(=O)c1ccc2ccccc2c1)C(=O)O. The first-order valence-electron chi connectivity index (χ1n) is 12.7. The molecule has 5 rings (SSSR count). The molecule has 0 bridgehead atoms. The highest BCUT2D eigenvalue weighted by molar-refractivity contribution is 7.89. The first-order chi connectivity index (χ1) is 18.8. The number of hydrogen-bond acceptors (Lipinski definition) is 8. The van der Waals surface area contributed by atoms with Crippen molar-refractivity contribution in [2.45, 2.75) is 54.7 Å². The van der Waals surface area contributed by atoms with E-state index in [1.165, 1.54) is 12.1 Å². The van der Waals surface area contributed by atoms with Crippen LogP contribution < -0.4 is 15.4 Å². The van der Waals surface area contributed by atoms with Crippen molar-refractivity contribution in [3.8, 4) is 0 Å². The molecule has 1 saturated carbocycles. The number of aliphatic carboxylic acids is 1. The Hall–Kier alpha value is -3.97. The van der Waals surface area contributed by atoms with Crippen LogP contribution in [-0.2, 0) is 24.4 Å². The van der Waals surface area contributed by atoms with Gasteiger partial charge in [-0.05, 0) is 54.5 Å². The van der Waals surface area contributed by atoms with E-state index in [2.05, 4.69) is 30.5 Å². The fourth-order valence-electron chi connectivity index (χ4n) is 5.28. The van der Waals surface area contributed by atoms with Crippen LogP contribution in [0.3, 0.4) is 0 Å². The van der Waals surface area contributed by atoms with E-state index in [4.69, 9.17) is 4.84 Å². The molecule has 1 aromatic heterocycles. The Morgan fingerprint density at radius 2 is 1.97 bits per heavy atom. The maximum absolute atomic E-state index is 13.2. The molecular formula is C26H30N6O6S. The van der Waals surface area contributed by atoms with Crippen LogP contribution >= 0.6 is 0 Å². The summed E-state index contributed by atoms with van der Waals surface area (Å²) in [7, 11) is -4.25. The predicted octanol–water partition coefficient (Wildman–Crippen LogP) is 2.23. The van der Waals surface area contributed by atoms with Gasteiger partial charge in [0.05, 0.1) is 16.6 Å². The van der Waals surface area contributed by atoms with Gasteiger partial charge in [0.2, 0.25) is 16.4 Å². The lowest BCUT2D eigenvalue weighted by Crippen LogP contribution is -2.57. The number of carbonyl (C=O) groups is 2. The number of imidazole rings is 1. The summed E-state index contributed by atoms with van der Waals surface area (Å²) >= 11 is 0. The molecule has 2 aromatic carbocycles. The summed E-state index contributed by atoms with van der Waals surface area (Å²) in [5, 5.41) is 21.4. The average molecular weight is 555 g/mol. The Labute approximate surface area is 225 Å². The molecule has 13 heteroatoms. The standard InChI is InChI=1S/C26H30N6O6S/c33-16-30-22(21-14-26(38-31-21)9-7-17(8-10-26)15-29-25-27-11-12-28-25)23(24(34)35)32-39(36,37)20-6-5-18-3-1-2-4-19(18)13-20/h1-6,11-13,16-17,22-23,32H,7-10,14-15H2,(H,30,33)(H,34,35)(H2,27,28,29)/t17?,22?,23-,26?/m0/s1. The number of carboxylic acids is 1. The number of nitrogens with one attached hydrogen (secondary N) is 4. The summed E-state index contributed by atoms with van der Waals surface area (Å²) in [4.78, 5) is 36.7. The van der Waals surface area contributed by atoms with Crippen molar-refractivity contribution < 1.29 is 28.0 Å². The van der Waals surface area contributed by atoms with Crippen molar-refractivity contribution in [3.63, 3.8) is 0 Å². The van der Waals surface area contributed by atoms with E-state index in [0.717, 1.165) is 24.8 Å². The molecule has 2 atom stereocenters. The summed E-state index contributed by atoms with van der Waals surface area (Å²) in [5.41, 5.74) is -0.331. The van der Waals surface area contributed by atoms with E-state index in [-0.39, 0.29) is 10.6 Å². The van der Waals surface area contributed by atoms with Gasteiger partial charge < -0.3 is 25.6 Å². The molecule has 1 fully saturated rings. The van der Waals surface area contributed by atoms with Crippen molar-refractivity contribution in [1.82, 2.24) is 20.0 Å². The van der Waals surface area contributed by atoms with E-state index < -0.39 is 33.7 Å². The molecule has 1 amide bonds. The molecular weight excluding hydrogens is 524 g/mol. The van der Waals surface area contributed by atoms with Gasteiger partial charge in [-0.15, -0.1) is 0 Å². The van der Waals surface area contributed by atoms with Crippen LogP contribution in [0.2, 0.25) is 0 Å². The molecule has 1 aliphatic heterocycles. The van der Waals surface area contributed by atoms with Crippen molar-refractivity contribution in [1.29, 1.82) is 0 Å². The lowest BCUT2D eigenvalue weighted by Gasteiger charge is -2.35. The number of rotatable bonds is 11. The molecule has 12 nitrogen and oxygen atoms in total. The molecule has 0 saturated heterocycles. The average Bonchev–Trinajstić information content (AvgIpc) is 3.61. The minimum absolute atomic E-state index is 0.0835. The number of amides is 1. The van der Waals surface area contributed by atoms with Gasteiger partial charge in [0.15, 0.2) is 5.95 Å². The van der Waals surface area contributed by atoms with Crippen molar-refractivity contribution in [2.75, 3.05) is 11.9 Å². The number of oxime groups is 1. The van der Waals surface area contributed by atoms with Crippen LogP contribution in [0.15, 0.2) is 64.9 Å². The van der Waals surface area contributed by atoms with Crippen LogP contribution in [0.4, 0.5) is 5.95 Å². The zero-order chi connectivity index (χ0) is 27.5. The normalized spacial score (nSPS) is 22.6. The van der Waals surface area contributed by atoms with Crippen molar-refractivity contribution in [2.24, 2.45) is 11.1 Å². The van der Waals surface area contributed by atoms with Gasteiger partial charge in [0.25, 0.3) is 0 Å². The minimum Gasteiger partial charge on any atom is -0.480 e. The highest BCUT2D eigenvalue weighted by Crippen LogP contribution is 2.41. The predicted molar refractivity (Wildman–Crippen MR) is 144 cm³/mol. The summed E-state index contributed by atoms with van der Waals surface area (Å²) in [6.45, 7) is 0.754. The number of aromatic amines is 1. The Morgan fingerprint density at radius 1 is 1.21 bits per heavy atom. The van der Waals surface area contributed by atoms with Crippen LogP contribution in [-0.4, -0.2) is 65.8 Å². The number of hydrogen-bond donors (Lipinski definition) is 5. The zero-order valence-corrected chi connectivity index (χ0v) is 21.9. The molecule has 3 aromatic rings. The van der Waals surface area contributed by atoms with Crippen molar-refractivity contribution >= 4 is 44.8 Å². The third-order valence-electron chi connectivity index (χ3n) is 7.45. The van der Waals surface area contributed by atoms with Crippen LogP contribution in [0.1, 0.15) is 32.1 Å². The minimum atomic E-state index is -4.25. The molecule has 5 N–H and O–H groups in total. The van der Waals surface area contributed by atoms with Crippen LogP contribution in [0.25, 0.3) is 10.8 Å². The first kappa shape index (κ1) is 26.6. The maximum atomic E-state index is 13.2. The maximum Gasteiger partial charge on any atom is 0.324 e. The number of aromatic nitrogens is 2. The lowest BCUT2D eigenvalue weighted by atomic mass is 9.75. The molecule has 1 unspecified atom stereocenters. The number of sulfonamides is 1. The van der Waals surface area contributed by atoms with E-state index in [0.29, 0.717) is 42.9 Å². The molecule has 206 valence electrons. The second-order valence-corrected chi connectivity index (χ2v) is 11.7. The summed E-state index contributed by atoms with van der Waals surface area (Å²) in [5.74, 6) is -0.334. The Balaban J connectivity index is 1.27. The largest absolute Gasteiger partial charge is 0.480 e. The number of nitrogens with zero attached hydrogens (tertiary/aromatic N) is 2. The van der Waals surface area contributed by atoms with E-state index in [9.17, 15) is 23.1 Å². The molecule has 1 aliphatic carbocycles. The Bertz CT molecular complexity index is 1470. The molecule has 2 aliphatic rings. The fourth-order valence-corrected chi connectivity index (χ4v) is 6.52. The summed E-state index contributed by atoms with van der Waals surface area (Å²) in [6, 6.07) is 8.86. The van der Waals surface area contributed by atoms with Crippen LogP contribution in [0.5, 0.6) is 0 Å². The summed E-state index contributed by atoms with van der Waals surface area (Å²) in [6.07, 6.45) is 7.17. The number of anilines is 1.